The fourth-order valence-electron chi connectivity index (χ4n) is 1.56. The molecule has 1 heterocycles. The monoisotopic (exact) mass is 322 g/mol. The van der Waals surface area contributed by atoms with E-state index in [1.54, 1.807) is 30.3 Å². The van der Waals surface area contributed by atoms with Crippen molar-refractivity contribution < 1.29 is 4.42 Å². The van der Waals surface area contributed by atoms with Crippen LogP contribution in [-0.2, 0) is 0 Å². The lowest BCUT2D eigenvalue weighted by atomic mass is 10.2. The highest BCUT2D eigenvalue weighted by Gasteiger charge is 2.09. The highest BCUT2D eigenvalue weighted by atomic mass is 35.5. The number of halogens is 2. The van der Waals surface area contributed by atoms with Crippen molar-refractivity contribution in [1.29, 1.82) is 5.26 Å². The van der Waals surface area contributed by atoms with E-state index in [4.69, 9.17) is 50.8 Å². The van der Waals surface area contributed by atoms with Gasteiger partial charge in [0.25, 0.3) is 0 Å². The van der Waals surface area contributed by atoms with Crippen LogP contribution < -0.4 is 5.73 Å². The first kappa shape index (κ1) is 14.6. The zero-order valence-electron chi connectivity index (χ0n) is 10.1. The highest BCUT2D eigenvalue weighted by Crippen LogP contribution is 2.32. The molecule has 0 fully saturated rings. The Morgan fingerprint density at radius 3 is 2.70 bits per heavy atom. The summed E-state index contributed by atoms with van der Waals surface area (Å²) in [5.41, 5.74) is 6.27. The third-order valence-corrected chi connectivity index (χ3v) is 3.28. The van der Waals surface area contributed by atoms with E-state index >= 15 is 0 Å². The number of nitrogens with zero attached hydrogens (tertiary/aromatic N) is 1. The third kappa shape index (κ3) is 3.20. The van der Waals surface area contributed by atoms with Crippen molar-refractivity contribution >= 4 is 46.5 Å². The maximum atomic E-state index is 8.90. The summed E-state index contributed by atoms with van der Waals surface area (Å²) in [6.07, 6.45) is 1.48. The maximum Gasteiger partial charge on any atom is 0.136 e. The molecule has 0 spiro atoms. The summed E-state index contributed by atoms with van der Waals surface area (Å²) in [6, 6.07) is 10.4. The first-order valence-electron chi connectivity index (χ1n) is 5.48. The number of nitriles is 1. The standard InChI is InChI=1S/C14H8Cl2N2OS/c15-9-1-3-12(16)11(6-9)13-4-2-10(19-13)5-8(7-17)14(18)20/h1-6H,(H2,18,20). The zero-order valence-corrected chi connectivity index (χ0v) is 12.4. The second kappa shape index (κ2) is 6.10. The van der Waals surface area contributed by atoms with Gasteiger partial charge in [-0.3, -0.25) is 0 Å². The van der Waals surface area contributed by atoms with Gasteiger partial charge in [0.1, 0.15) is 22.6 Å². The zero-order chi connectivity index (χ0) is 14.7. The van der Waals surface area contributed by atoms with Crippen LogP contribution in [0.25, 0.3) is 17.4 Å². The average Bonchev–Trinajstić information content (AvgIpc) is 2.86. The van der Waals surface area contributed by atoms with Crippen LogP contribution in [0.4, 0.5) is 0 Å². The van der Waals surface area contributed by atoms with E-state index in [0.29, 0.717) is 27.1 Å². The molecule has 0 unspecified atom stereocenters. The van der Waals surface area contributed by atoms with E-state index in [0.717, 1.165) is 0 Å². The van der Waals surface area contributed by atoms with Crippen LogP contribution in [0.3, 0.4) is 0 Å². The Morgan fingerprint density at radius 2 is 2.05 bits per heavy atom. The van der Waals surface area contributed by atoms with Gasteiger partial charge in [-0.15, -0.1) is 0 Å². The smallest absolute Gasteiger partial charge is 0.136 e. The molecule has 6 heteroatoms. The number of rotatable bonds is 3. The van der Waals surface area contributed by atoms with Gasteiger partial charge < -0.3 is 10.2 Å². The molecule has 3 nitrogen and oxygen atoms in total. The van der Waals surface area contributed by atoms with E-state index in [2.05, 4.69) is 0 Å². The van der Waals surface area contributed by atoms with Crippen molar-refractivity contribution in [2.45, 2.75) is 0 Å². The predicted octanol–water partition coefficient (Wildman–Crippen LogP) is 4.45. The summed E-state index contributed by atoms with van der Waals surface area (Å²) >= 11 is 16.8. The predicted molar refractivity (Wildman–Crippen MR) is 84.5 cm³/mol. The molecule has 0 atom stereocenters. The molecule has 0 amide bonds. The van der Waals surface area contributed by atoms with E-state index in [9.17, 15) is 0 Å². The summed E-state index contributed by atoms with van der Waals surface area (Å²) < 4.78 is 5.60. The van der Waals surface area contributed by atoms with Crippen LogP contribution in [0.1, 0.15) is 5.76 Å². The summed E-state index contributed by atoms with van der Waals surface area (Å²) in [7, 11) is 0. The van der Waals surface area contributed by atoms with Crippen LogP contribution in [0.15, 0.2) is 40.3 Å². The second-order valence-corrected chi connectivity index (χ2v) is 5.14. The largest absolute Gasteiger partial charge is 0.457 e. The molecule has 1 aromatic heterocycles. The lowest BCUT2D eigenvalue weighted by molar-refractivity contribution is 0.571. The molecule has 0 saturated carbocycles. The molecule has 0 bridgehead atoms. The molecule has 100 valence electrons. The fourth-order valence-corrected chi connectivity index (χ4v) is 2.05. The van der Waals surface area contributed by atoms with E-state index < -0.39 is 0 Å². The van der Waals surface area contributed by atoms with E-state index in [1.165, 1.54) is 6.08 Å². The van der Waals surface area contributed by atoms with Gasteiger partial charge in [-0.05, 0) is 30.3 Å². The Kier molecular flexibility index (Phi) is 4.46. The Hall–Kier alpha value is -1.80. The topological polar surface area (TPSA) is 63.0 Å². The van der Waals surface area contributed by atoms with Crippen molar-refractivity contribution in [3.63, 3.8) is 0 Å². The fraction of sp³-hybridized carbons (Fsp3) is 0. The van der Waals surface area contributed by atoms with Gasteiger partial charge in [-0.1, -0.05) is 35.4 Å². The molecule has 0 saturated heterocycles. The SMILES string of the molecule is N#CC(=Cc1ccc(-c2cc(Cl)ccc2Cl)o1)C(N)=S. The Balaban J connectivity index is 2.42. The third-order valence-electron chi connectivity index (χ3n) is 2.49. The maximum absolute atomic E-state index is 8.90. The number of hydrogen-bond donors (Lipinski definition) is 1. The summed E-state index contributed by atoms with van der Waals surface area (Å²) in [5.74, 6) is 1.00. The number of thiocarbonyl (C=S) groups is 1. The van der Waals surface area contributed by atoms with Crippen molar-refractivity contribution in [1.82, 2.24) is 0 Å². The molecular formula is C14H8Cl2N2OS. The normalized spacial score (nSPS) is 11.2. The molecule has 0 radical (unpaired) electrons. The molecule has 0 aliphatic heterocycles. The first-order valence-corrected chi connectivity index (χ1v) is 6.64. The first-order chi connectivity index (χ1) is 9.51. The minimum absolute atomic E-state index is 0.0197. The molecular weight excluding hydrogens is 315 g/mol. The van der Waals surface area contributed by atoms with Crippen LogP contribution >= 0.6 is 35.4 Å². The van der Waals surface area contributed by atoms with Gasteiger partial charge in [-0.2, -0.15) is 5.26 Å². The van der Waals surface area contributed by atoms with Crippen molar-refractivity contribution in [2.75, 3.05) is 0 Å². The second-order valence-electron chi connectivity index (χ2n) is 3.86. The van der Waals surface area contributed by atoms with Crippen LogP contribution in [0, 0.1) is 11.3 Å². The molecule has 2 rings (SSSR count). The molecule has 0 aliphatic carbocycles. The quantitative estimate of drug-likeness (QED) is 0.515. The van der Waals surface area contributed by atoms with E-state index in [1.807, 2.05) is 6.07 Å². The lowest BCUT2D eigenvalue weighted by Crippen LogP contribution is -2.09. The highest BCUT2D eigenvalue weighted by molar-refractivity contribution is 7.80. The van der Waals surface area contributed by atoms with Gasteiger partial charge in [0, 0.05) is 16.7 Å². The van der Waals surface area contributed by atoms with Gasteiger partial charge >= 0.3 is 0 Å². The van der Waals surface area contributed by atoms with Gasteiger partial charge in [0.15, 0.2) is 0 Å². The Bertz CT molecular complexity index is 744. The van der Waals surface area contributed by atoms with Crippen LogP contribution in [0.2, 0.25) is 10.0 Å². The molecule has 2 aromatic rings. The van der Waals surface area contributed by atoms with Crippen molar-refractivity contribution in [2.24, 2.45) is 5.73 Å². The van der Waals surface area contributed by atoms with Gasteiger partial charge in [-0.25, -0.2) is 0 Å². The summed E-state index contributed by atoms with van der Waals surface area (Å²) in [4.78, 5) is 0.0197. The Morgan fingerprint density at radius 1 is 1.30 bits per heavy atom. The van der Waals surface area contributed by atoms with E-state index in [-0.39, 0.29) is 10.6 Å². The van der Waals surface area contributed by atoms with Gasteiger partial charge in [0.05, 0.1) is 10.6 Å². The molecule has 2 N–H and O–H groups in total. The number of nitrogens with two attached hydrogens (primary N) is 1. The number of furan rings is 1. The van der Waals surface area contributed by atoms with Crippen molar-refractivity contribution in [3.8, 4) is 17.4 Å². The minimum atomic E-state index is 0.0197. The Labute approximate surface area is 131 Å². The molecule has 0 aliphatic rings. The van der Waals surface area contributed by atoms with Gasteiger partial charge in [0.2, 0.25) is 0 Å². The minimum Gasteiger partial charge on any atom is -0.457 e. The lowest BCUT2D eigenvalue weighted by Gasteiger charge is -2.01. The number of benzene rings is 1. The molecule has 1 aromatic carbocycles. The van der Waals surface area contributed by atoms with Crippen LogP contribution in [-0.4, -0.2) is 4.99 Å². The summed E-state index contributed by atoms with van der Waals surface area (Å²) in [6.45, 7) is 0. The average molecular weight is 323 g/mol. The summed E-state index contributed by atoms with van der Waals surface area (Å²) in [5, 5.41) is 9.97. The van der Waals surface area contributed by atoms with Crippen LogP contribution in [0.5, 0.6) is 0 Å². The number of hydrogen-bond acceptors (Lipinski definition) is 3. The van der Waals surface area contributed by atoms with Crippen molar-refractivity contribution in [3.05, 3.63) is 51.7 Å². The molecule has 20 heavy (non-hydrogen) atoms.